The molecular weight excluding hydrogens is 416 g/mol. The lowest BCUT2D eigenvalue weighted by atomic mass is 10.0. The summed E-state index contributed by atoms with van der Waals surface area (Å²) in [4.78, 5) is 4.43. The first kappa shape index (κ1) is 19.5. The highest BCUT2D eigenvalue weighted by atomic mass is 127. The molecule has 1 aliphatic rings. The molecule has 1 aliphatic heterocycles. The van der Waals surface area contributed by atoms with Crippen LogP contribution in [0.3, 0.4) is 0 Å². The van der Waals surface area contributed by atoms with Crippen LogP contribution >= 0.6 is 35.7 Å². The number of nitrogens with one attached hydrogen (secondary N) is 2. The van der Waals surface area contributed by atoms with E-state index in [2.05, 4.69) is 15.6 Å². The van der Waals surface area contributed by atoms with Crippen LogP contribution in [0.15, 0.2) is 29.3 Å². The summed E-state index contributed by atoms with van der Waals surface area (Å²) >= 11 is 1.77. The van der Waals surface area contributed by atoms with Crippen molar-refractivity contribution in [1.29, 1.82) is 0 Å². The van der Waals surface area contributed by atoms with E-state index < -0.39 is 5.60 Å². The molecule has 1 heterocycles. The molecule has 0 aromatic heterocycles. The first-order chi connectivity index (χ1) is 10.1. The van der Waals surface area contributed by atoms with Gasteiger partial charge in [0.15, 0.2) is 5.96 Å². The standard InChI is InChI=1S/C15H22FN3OS.HI/c1-2-17-14(19-10-15(20)6-7-21-11-15)18-9-12-4-3-5-13(16)8-12;/h3-5,8,20H,2,6-7,9-11H2,1H3,(H2,17,18,19);1H. The lowest BCUT2D eigenvalue weighted by Gasteiger charge is -2.23. The van der Waals surface area contributed by atoms with Gasteiger partial charge in [-0.25, -0.2) is 9.38 Å². The Balaban J connectivity index is 0.00000242. The van der Waals surface area contributed by atoms with Gasteiger partial charge in [-0.05, 0) is 36.8 Å². The maximum Gasteiger partial charge on any atom is 0.191 e. The lowest BCUT2D eigenvalue weighted by molar-refractivity contribution is 0.0724. The van der Waals surface area contributed by atoms with Gasteiger partial charge >= 0.3 is 0 Å². The number of hydrogen-bond acceptors (Lipinski definition) is 3. The molecule has 1 fully saturated rings. The fraction of sp³-hybridized carbons (Fsp3) is 0.533. The third-order valence-electron chi connectivity index (χ3n) is 3.32. The summed E-state index contributed by atoms with van der Waals surface area (Å²) in [6.07, 6.45) is 0.800. The number of halogens is 2. The van der Waals surface area contributed by atoms with Crippen LogP contribution in [-0.4, -0.2) is 41.3 Å². The van der Waals surface area contributed by atoms with Crippen LogP contribution in [0.25, 0.3) is 0 Å². The van der Waals surface area contributed by atoms with Crippen molar-refractivity contribution >= 4 is 41.7 Å². The highest BCUT2D eigenvalue weighted by molar-refractivity contribution is 14.0. The minimum absolute atomic E-state index is 0. The number of guanidine groups is 1. The number of rotatable bonds is 5. The minimum atomic E-state index is -0.653. The normalized spacial score (nSPS) is 21.3. The fourth-order valence-electron chi connectivity index (χ4n) is 2.13. The smallest absolute Gasteiger partial charge is 0.191 e. The van der Waals surface area contributed by atoms with E-state index in [4.69, 9.17) is 0 Å². The van der Waals surface area contributed by atoms with Crippen LogP contribution < -0.4 is 10.6 Å². The quantitative estimate of drug-likeness (QED) is 0.375. The topological polar surface area (TPSA) is 56.7 Å². The van der Waals surface area contributed by atoms with Gasteiger partial charge < -0.3 is 15.7 Å². The van der Waals surface area contributed by atoms with Gasteiger partial charge in [-0.2, -0.15) is 11.8 Å². The van der Waals surface area contributed by atoms with E-state index in [0.29, 0.717) is 19.0 Å². The average Bonchev–Trinajstić information content (AvgIpc) is 2.89. The number of aliphatic imine (C=N–C) groups is 1. The molecule has 1 atom stereocenters. The number of benzene rings is 1. The molecule has 0 spiro atoms. The van der Waals surface area contributed by atoms with Crippen molar-refractivity contribution in [2.45, 2.75) is 25.5 Å². The Morgan fingerprint density at radius 2 is 2.27 bits per heavy atom. The summed E-state index contributed by atoms with van der Waals surface area (Å²) in [7, 11) is 0. The van der Waals surface area contributed by atoms with E-state index in [1.165, 1.54) is 12.1 Å². The fourth-order valence-corrected chi connectivity index (χ4v) is 3.43. The maximum absolute atomic E-state index is 13.1. The number of thioether (sulfide) groups is 1. The predicted octanol–water partition coefficient (Wildman–Crippen LogP) is 2.37. The van der Waals surface area contributed by atoms with Crippen LogP contribution in [0.2, 0.25) is 0 Å². The van der Waals surface area contributed by atoms with Gasteiger partial charge in [0.2, 0.25) is 0 Å². The molecule has 7 heteroatoms. The second-order valence-corrected chi connectivity index (χ2v) is 6.31. The molecular formula is C15H23FIN3OS. The molecule has 1 aromatic rings. The van der Waals surface area contributed by atoms with Crippen LogP contribution in [0.1, 0.15) is 18.9 Å². The van der Waals surface area contributed by atoms with E-state index in [9.17, 15) is 9.50 Å². The minimum Gasteiger partial charge on any atom is -0.387 e. The van der Waals surface area contributed by atoms with Crippen molar-refractivity contribution in [1.82, 2.24) is 10.6 Å². The summed E-state index contributed by atoms with van der Waals surface area (Å²) in [6.45, 7) is 3.61. The zero-order valence-electron chi connectivity index (χ0n) is 12.6. The molecule has 1 saturated heterocycles. The molecule has 0 amide bonds. The van der Waals surface area contributed by atoms with E-state index in [0.717, 1.165) is 30.0 Å². The number of nitrogens with zero attached hydrogens (tertiary/aromatic N) is 1. The molecule has 124 valence electrons. The van der Waals surface area contributed by atoms with Crippen LogP contribution in [0, 0.1) is 5.82 Å². The van der Waals surface area contributed by atoms with E-state index in [1.54, 1.807) is 17.8 Å². The molecule has 4 nitrogen and oxygen atoms in total. The average molecular weight is 439 g/mol. The molecule has 2 rings (SSSR count). The van der Waals surface area contributed by atoms with Crippen molar-refractivity contribution in [3.05, 3.63) is 35.6 Å². The first-order valence-electron chi connectivity index (χ1n) is 7.18. The van der Waals surface area contributed by atoms with Crippen molar-refractivity contribution < 1.29 is 9.50 Å². The maximum atomic E-state index is 13.1. The monoisotopic (exact) mass is 439 g/mol. The summed E-state index contributed by atoms with van der Waals surface area (Å²) in [5, 5.41) is 16.6. The molecule has 0 radical (unpaired) electrons. The van der Waals surface area contributed by atoms with Gasteiger partial charge in [0, 0.05) is 18.8 Å². The Morgan fingerprint density at radius 3 is 2.91 bits per heavy atom. The number of aliphatic hydroxyl groups is 1. The second kappa shape index (κ2) is 9.57. The SMILES string of the molecule is CCNC(=NCc1cccc(F)c1)NCC1(O)CCSC1.I. The lowest BCUT2D eigenvalue weighted by Crippen LogP contribution is -2.47. The van der Waals surface area contributed by atoms with E-state index in [-0.39, 0.29) is 29.8 Å². The van der Waals surface area contributed by atoms with Crippen LogP contribution in [-0.2, 0) is 6.54 Å². The number of hydrogen-bond donors (Lipinski definition) is 3. The van der Waals surface area contributed by atoms with Gasteiger partial charge in [-0.3, -0.25) is 0 Å². The third kappa shape index (κ3) is 6.29. The van der Waals surface area contributed by atoms with Crippen LogP contribution in [0.5, 0.6) is 0 Å². The first-order valence-corrected chi connectivity index (χ1v) is 8.33. The Morgan fingerprint density at radius 1 is 1.45 bits per heavy atom. The Kier molecular flexibility index (Phi) is 8.48. The molecule has 0 bridgehead atoms. The van der Waals surface area contributed by atoms with Gasteiger partial charge in [0.1, 0.15) is 5.82 Å². The summed E-state index contributed by atoms with van der Waals surface area (Å²) < 4.78 is 13.1. The third-order valence-corrected chi connectivity index (χ3v) is 4.55. The molecule has 1 unspecified atom stereocenters. The molecule has 1 aromatic carbocycles. The summed E-state index contributed by atoms with van der Waals surface area (Å²) in [5.41, 5.74) is 0.169. The van der Waals surface area contributed by atoms with Crippen molar-refractivity contribution in [2.75, 3.05) is 24.6 Å². The molecule has 0 aliphatic carbocycles. The van der Waals surface area contributed by atoms with Crippen molar-refractivity contribution in [2.24, 2.45) is 4.99 Å². The van der Waals surface area contributed by atoms with Crippen molar-refractivity contribution in [3.8, 4) is 0 Å². The molecule has 0 saturated carbocycles. The summed E-state index contributed by atoms with van der Waals surface area (Å²) in [6, 6.07) is 6.43. The Bertz CT molecular complexity index is 495. The zero-order valence-corrected chi connectivity index (χ0v) is 15.8. The van der Waals surface area contributed by atoms with E-state index in [1.807, 2.05) is 13.0 Å². The molecule has 3 N–H and O–H groups in total. The zero-order chi connectivity index (χ0) is 15.1. The van der Waals surface area contributed by atoms with Gasteiger partial charge in [0.05, 0.1) is 12.1 Å². The van der Waals surface area contributed by atoms with Crippen molar-refractivity contribution in [3.63, 3.8) is 0 Å². The molecule has 22 heavy (non-hydrogen) atoms. The predicted molar refractivity (Wildman–Crippen MR) is 102 cm³/mol. The van der Waals surface area contributed by atoms with Crippen LogP contribution in [0.4, 0.5) is 4.39 Å². The van der Waals surface area contributed by atoms with Gasteiger partial charge in [-0.1, -0.05) is 12.1 Å². The van der Waals surface area contributed by atoms with Gasteiger partial charge in [0.25, 0.3) is 0 Å². The second-order valence-electron chi connectivity index (χ2n) is 5.21. The van der Waals surface area contributed by atoms with E-state index >= 15 is 0 Å². The highest BCUT2D eigenvalue weighted by Gasteiger charge is 2.31. The highest BCUT2D eigenvalue weighted by Crippen LogP contribution is 2.26. The van der Waals surface area contributed by atoms with Gasteiger partial charge in [-0.15, -0.1) is 24.0 Å². The Labute approximate surface area is 152 Å². The Hall–Kier alpha value is -0.540. The largest absolute Gasteiger partial charge is 0.387 e. The summed E-state index contributed by atoms with van der Waals surface area (Å²) in [5.74, 6) is 2.14.